The fourth-order valence-electron chi connectivity index (χ4n) is 2.82. The standard InChI is InChI=1S/C24H20N2O/c1-18(20-8-4-2-5-9-20)26-24(27)23(17-25)16-19-12-14-22(15-13-19)21-10-6-3-7-11-21/h2-16,18H,1H3,(H,26,27)/b23-16-/t18-/m1/s1. The molecule has 1 atom stereocenters. The monoisotopic (exact) mass is 352 g/mol. The maximum Gasteiger partial charge on any atom is 0.262 e. The zero-order valence-corrected chi connectivity index (χ0v) is 15.1. The molecule has 1 N–H and O–H groups in total. The van der Waals surface area contributed by atoms with E-state index < -0.39 is 0 Å². The normalized spacial score (nSPS) is 12.1. The van der Waals surface area contributed by atoms with E-state index in [9.17, 15) is 10.1 Å². The second-order valence-electron chi connectivity index (χ2n) is 6.26. The fourth-order valence-corrected chi connectivity index (χ4v) is 2.82. The molecular weight excluding hydrogens is 332 g/mol. The molecule has 0 aliphatic rings. The minimum Gasteiger partial charge on any atom is -0.345 e. The molecule has 0 aliphatic heterocycles. The predicted molar refractivity (Wildman–Crippen MR) is 108 cm³/mol. The molecular formula is C24H20N2O. The average molecular weight is 352 g/mol. The maximum atomic E-state index is 12.4. The van der Waals surface area contributed by atoms with E-state index in [1.807, 2.05) is 97.9 Å². The van der Waals surface area contributed by atoms with E-state index in [-0.39, 0.29) is 17.5 Å². The van der Waals surface area contributed by atoms with Crippen molar-refractivity contribution in [3.63, 3.8) is 0 Å². The summed E-state index contributed by atoms with van der Waals surface area (Å²) in [4.78, 5) is 12.4. The quantitative estimate of drug-likeness (QED) is 0.511. The molecule has 0 radical (unpaired) electrons. The van der Waals surface area contributed by atoms with Crippen molar-refractivity contribution in [1.82, 2.24) is 5.32 Å². The van der Waals surface area contributed by atoms with Crippen LogP contribution in [0, 0.1) is 11.3 Å². The third kappa shape index (κ3) is 4.71. The topological polar surface area (TPSA) is 52.9 Å². The largest absolute Gasteiger partial charge is 0.345 e. The molecule has 3 aromatic carbocycles. The Kier molecular flexibility index (Phi) is 5.81. The Hall–Kier alpha value is -3.64. The summed E-state index contributed by atoms with van der Waals surface area (Å²) in [7, 11) is 0. The number of hydrogen-bond donors (Lipinski definition) is 1. The van der Waals surface area contributed by atoms with Crippen molar-refractivity contribution < 1.29 is 4.79 Å². The number of benzene rings is 3. The molecule has 0 aromatic heterocycles. The molecule has 3 rings (SSSR count). The molecule has 0 heterocycles. The zero-order valence-electron chi connectivity index (χ0n) is 15.1. The third-order valence-electron chi connectivity index (χ3n) is 4.34. The molecule has 0 bridgehead atoms. The van der Waals surface area contributed by atoms with Gasteiger partial charge < -0.3 is 5.32 Å². The summed E-state index contributed by atoms with van der Waals surface area (Å²) in [5.74, 6) is -0.374. The van der Waals surface area contributed by atoms with Crippen LogP contribution in [0.1, 0.15) is 24.1 Å². The van der Waals surface area contributed by atoms with Crippen LogP contribution < -0.4 is 5.32 Å². The van der Waals surface area contributed by atoms with E-state index in [1.54, 1.807) is 6.08 Å². The van der Waals surface area contributed by atoms with Gasteiger partial charge in [-0.15, -0.1) is 0 Å². The lowest BCUT2D eigenvalue weighted by Gasteiger charge is -2.13. The summed E-state index contributed by atoms with van der Waals surface area (Å²) in [5, 5.41) is 12.3. The van der Waals surface area contributed by atoms with Gasteiger partial charge in [0, 0.05) is 0 Å². The van der Waals surface area contributed by atoms with E-state index in [4.69, 9.17) is 0 Å². The minimum atomic E-state index is -0.374. The van der Waals surface area contributed by atoms with Gasteiger partial charge in [-0.2, -0.15) is 5.26 Å². The number of nitrogens with zero attached hydrogens (tertiary/aromatic N) is 1. The van der Waals surface area contributed by atoms with Gasteiger partial charge >= 0.3 is 0 Å². The first kappa shape index (κ1) is 18.2. The van der Waals surface area contributed by atoms with Crippen LogP contribution in [-0.4, -0.2) is 5.91 Å². The highest BCUT2D eigenvalue weighted by molar-refractivity contribution is 6.01. The van der Waals surface area contributed by atoms with Crippen LogP contribution in [0.25, 0.3) is 17.2 Å². The van der Waals surface area contributed by atoms with Gasteiger partial charge in [0.15, 0.2) is 0 Å². The minimum absolute atomic E-state index is 0.0882. The van der Waals surface area contributed by atoms with E-state index in [2.05, 4.69) is 5.32 Å². The van der Waals surface area contributed by atoms with Crippen molar-refractivity contribution in [3.05, 3.63) is 102 Å². The van der Waals surface area contributed by atoms with Crippen LogP contribution in [0.3, 0.4) is 0 Å². The third-order valence-corrected chi connectivity index (χ3v) is 4.34. The molecule has 3 nitrogen and oxygen atoms in total. The van der Waals surface area contributed by atoms with E-state index in [1.165, 1.54) is 0 Å². The molecule has 1 amide bonds. The Morgan fingerprint density at radius 2 is 1.44 bits per heavy atom. The van der Waals surface area contributed by atoms with Gasteiger partial charge in [-0.25, -0.2) is 0 Å². The van der Waals surface area contributed by atoms with Gasteiger partial charge in [0.2, 0.25) is 0 Å². The number of carbonyl (C=O) groups is 1. The number of rotatable bonds is 5. The van der Waals surface area contributed by atoms with Crippen molar-refractivity contribution in [1.29, 1.82) is 5.26 Å². The highest BCUT2D eigenvalue weighted by Gasteiger charge is 2.13. The van der Waals surface area contributed by atoms with E-state index >= 15 is 0 Å². The van der Waals surface area contributed by atoms with Crippen molar-refractivity contribution in [3.8, 4) is 17.2 Å². The SMILES string of the molecule is C[C@@H](NC(=O)/C(C#N)=C\c1ccc(-c2ccccc2)cc1)c1ccccc1. The summed E-state index contributed by atoms with van der Waals surface area (Å²) < 4.78 is 0. The first-order valence-electron chi connectivity index (χ1n) is 8.80. The summed E-state index contributed by atoms with van der Waals surface area (Å²) in [6.45, 7) is 1.90. The lowest BCUT2D eigenvalue weighted by atomic mass is 10.0. The number of nitrogens with one attached hydrogen (secondary N) is 1. The number of hydrogen-bond acceptors (Lipinski definition) is 2. The second kappa shape index (κ2) is 8.64. The highest BCUT2D eigenvalue weighted by atomic mass is 16.1. The summed E-state index contributed by atoms with van der Waals surface area (Å²) in [6.07, 6.45) is 1.61. The van der Waals surface area contributed by atoms with Crippen molar-refractivity contribution >= 4 is 12.0 Å². The van der Waals surface area contributed by atoms with Gasteiger partial charge in [-0.3, -0.25) is 4.79 Å². The van der Waals surface area contributed by atoms with Gasteiger partial charge in [0.05, 0.1) is 6.04 Å². The molecule has 0 saturated carbocycles. The average Bonchev–Trinajstić information content (AvgIpc) is 2.73. The number of amides is 1. The Balaban J connectivity index is 1.74. The summed E-state index contributed by atoms with van der Waals surface area (Å²) in [5.41, 5.74) is 4.12. The molecule has 0 unspecified atom stereocenters. The van der Waals surface area contributed by atoms with Gasteiger partial charge in [-0.05, 0) is 35.3 Å². The lowest BCUT2D eigenvalue weighted by molar-refractivity contribution is -0.117. The van der Waals surface area contributed by atoms with Gasteiger partial charge in [-0.1, -0.05) is 84.9 Å². The Labute approximate surface area is 159 Å². The van der Waals surface area contributed by atoms with Crippen LogP contribution in [0.15, 0.2) is 90.5 Å². The molecule has 0 spiro atoms. The van der Waals surface area contributed by atoms with Crippen LogP contribution >= 0.6 is 0 Å². The maximum absolute atomic E-state index is 12.4. The first-order chi connectivity index (χ1) is 13.2. The lowest BCUT2D eigenvalue weighted by Crippen LogP contribution is -2.27. The van der Waals surface area contributed by atoms with Crippen LogP contribution in [0.5, 0.6) is 0 Å². The molecule has 3 heteroatoms. The van der Waals surface area contributed by atoms with Gasteiger partial charge in [0.1, 0.15) is 11.6 Å². The van der Waals surface area contributed by atoms with Crippen molar-refractivity contribution in [2.75, 3.05) is 0 Å². The van der Waals surface area contributed by atoms with Crippen LogP contribution in [0.2, 0.25) is 0 Å². The first-order valence-corrected chi connectivity index (χ1v) is 8.80. The molecule has 3 aromatic rings. The second-order valence-corrected chi connectivity index (χ2v) is 6.26. The summed E-state index contributed by atoms with van der Waals surface area (Å²) >= 11 is 0. The highest BCUT2D eigenvalue weighted by Crippen LogP contribution is 2.20. The van der Waals surface area contributed by atoms with E-state index in [0.717, 1.165) is 22.3 Å². The fraction of sp³-hybridized carbons (Fsp3) is 0.0833. The van der Waals surface area contributed by atoms with Crippen molar-refractivity contribution in [2.24, 2.45) is 0 Å². The van der Waals surface area contributed by atoms with Crippen LogP contribution in [0.4, 0.5) is 0 Å². The number of carbonyl (C=O) groups excluding carboxylic acids is 1. The predicted octanol–water partition coefficient (Wildman–Crippen LogP) is 5.14. The van der Waals surface area contributed by atoms with Crippen LogP contribution in [-0.2, 0) is 4.79 Å². The molecule has 0 saturated heterocycles. The smallest absolute Gasteiger partial charge is 0.262 e. The molecule has 0 fully saturated rings. The Morgan fingerprint density at radius 3 is 2.04 bits per heavy atom. The molecule has 132 valence electrons. The Morgan fingerprint density at radius 1 is 0.889 bits per heavy atom. The van der Waals surface area contributed by atoms with E-state index in [0.29, 0.717) is 0 Å². The Bertz CT molecular complexity index is 968. The molecule has 27 heavy (non-hydrogen) atoms. The number of nitriles is 1. The molecule has 0 aliphatic carbocycles. The van der Waals surface area contributed by atoms with Crippen molar-refractivity contribution in [2.45, 2.75) is 13.0 Å². The summed E-state index contributed by atoms with van der Waals surface area (Å²) in [6, 6.07) is 29.4. The van der Waals surface area contributed by atoms with Gasteiger partial charge in [0.25, 0.3) is 5.91 Å². The zero-order chi connectivity index (χ0) is 19.1.